The Hall–Kier alpha value is -3.52. The third-order valence-electron chi connectivity index (χ3n) is 5.17. The summed E-state index contributed by atoms with van der Waals surface area (Å²) in [4.78, 5) is 12.8. The van der Waals surface area contributed by atoms with Crippen LogP contribution in [0.1, 0.15) is 28.9 Å². The summed E-state index contributed by atoms with van der Waals surface area (Å²) in [5.74, 6) is 1.07. The first-order valence-corrected chi connectivity index (χ1v) is 11.4. The van der Waals surface area contributed by atoms with E-state index in [4.69, 9.17) is 9.47 Å². The summed E-state index contributed by atoms with van der Waals surface area (Å²) in [5, 5.41) is 2.94. The lowest BCUT2D eigenvalue weighted by Crippen LogP contribution is -2.28. The molecule has 0 aliphatic carbocycles. The van der Waals surface area contributed by atoms with Crippen molar-refractivity contribution in [2.45, 2.75) is 17.9 Å². The van der Waals surface area contributed by atoms with E-state index in [2.05, 4.69) is 5.32 Å². The molecular formula is C24H26N2O5S. The van der Waals surface area contributed by atoms with Crippen LogP contribution in [0.3, 0.4) is 0 Å². The minimum Gasteiger partial charge on any atom is -0.497 e. The summed E-state index contributed by atoms with van der Waals surface area (Å²) in [5.41, 5.74) is 1.83. The molecule has 0 heterocycles. The van der Waals surface area contributed by atoms with Crippen molar-refractivity contribution in [2.24, 2.45) is 0 Å². The third kappa shape index (κ3) is 5.03. The quantitative estimate of drug-likeness (QED) is 0.556. The summed E-state index contributed by atoms with van der Waals surface area (Å²) < 4.78 is 37.2. The van der Waals surface area contributed by atoms with Crippen LogP contribution in [0, 0.1) is 0 Å². The Bertz CT molecular complexity index is 1160. The monoisotopic (exact) mass is 454 g/mol. The SMILES string of the molecule is COc1ccc(C(C)NC(=O)c2ccc(N(C)S(=O)(=O)c3ccc(OC)cc3)cc2)cc1. The first-order valence-electron chi connectivity index (χ1n) is 9.94. The topological polar surface area (TPSA) is 84.9 Å². The second kappa shape index (κ2) is 9.74. The van der Waals surface area contributed by atoms with E-state index in [9.17, 15) is 13.2 Å². The van der Waals surface area contributed by atoms with Crippen LogP contribution in [0.5, 0.6) is 11.5 Å². The zero-order valence-corrected chi connectivity index (χ0v) is 19.2. The van der Waals surface area contributed by atoms with Gasteiger partial charge in [-0.3, -0.25) is 9.10 Å². The average molecular weight is 455 g/mol. The molecule has 1 N–H and O–H groups in total. The third-order valence-corrected chi connectivity index (χ3v) is 6.97. The molecule has 3 aromatic carbocycles. The zero-order valence-electron chi connectivity index (χ0n) is 18.4. The van der Waals surface area contributed by atoms with Crippen molar-refractivity contribution in [3.63, 3.8) is 0 Å². The van der Waals surface area contributed by atoms with Gasteiger partial charge in [0.05, 0.1) is 30.8 Å². The van der Waals surface area contributed by atoms with Crippen molar-refractivity contribution >= 4 is 21.6 Å². The van der Waals surface area contributed by atoms with Gasteiger partial charge in [0.25, 0.3) is 15.9 Å². The summed E-state index contributed by atoms with van der Waals surface area (Å²) in [7, 11) is 0.848. The van der Waals surface area contributed by atoms with Crippen molar-refractivity contribution in [1.82, 2.24) is 5.32 Å². The maximum atomic E-state index is 12.9. The number of nitrogens with one attached hydrogen (secondary N) is 1. The molecule has 1 atom stereocenters. The van der Waals surface area contributed by atoms with Gasteiger partial charge in [0.15, 0.2) is 0 Å². The number of ether oxygens (including phenoxy) is 2. The van der Waals surface area contributed by atoms with Crippen LogP contribution >= 0.6 is 0 Å². The molecule has 1 unspecified atom stereocenters. The minimum atomic E-state index is -3.74. The molecule has 168 valence electrons. The molecule has 1 amide bonds. The fraction of sp³-hybridized carbons (Fsp3) is 0.208. The van der Waals surface area contributed by atoms with Gasteiger partial charge in [-0.2, -0.15) is 0 Å². The fourth-order valence-electron chi connectivity index (χ4n) is 3.12. The maximum absolute atomic E-state index is 12.9. The van der Waals surface area contributed by atoms with Gasteiger partial charge in [0, 0.05) is 12.6 Å². The second-order valence-electron chi connectivity index (χ2n) is 7.16. The molecule has 0 spiro atoms. The Kier molecular flexibility index (Phi) is 7.05. The Morgan fingerprint density at radius 1 is 0.844 bits per heavy atom. The number of nitrogens with zero attached hydrogens (tertiary/aromatic N) is 1. The molecule has 0 radical (unpaired) electrons. The second-order valence-corrected chi connectivity index (χ2v) is 9.13. The van der Waals surface area contributed by atoms with Crippen LogP contribution in [-0.2, 0) is 10.0 Å². The van der Waals surface area contributed by atoms with Crippen molar-refractivity contribution < 1.29 is 22.7 Å². The average Bonchev–Trinajstić information content (AvgIpc) is 2.83. The van der Waals surface area contributed by atoms with E-state index < -0.39 is 10.0 Å². The van der Waals surface area contributed by atoms with Gasteiger partial charge in [-0.25, -0.2) is 8.42 Å². The predicted molar refractivity (Wildman–Crippen MR) is 124 cm³/mol. The lowest BCUT2D eigenvalue weighted by molar-refractivity contribution is 0.0940. The summed E-state index contributed by atoms with van der Waals surface area (Å²) in [6.45, 7) is 1.89. The van der Waals surface area contributed by atoms with E-state index in [1.807, 2.05) is 31.2 Å². The summed E-state index contributed by atoms with van der Waals surface area (Å²) in [6, 6.07) is 19.9. The smallest absolute Gasteiger partial charge is 0.264 e. The Balaban J connectivity index is 1.70. The van der Waals surface area contributed by atoms with Crippen molar-refractivity contribution in [3.8, 4) is 11.5 Å². The van der Waals surface area contributed by atoms with Gasteiger partial charge < -0.3 is 14.8 Å². The maximum Gasteiger partial charge on any atom is 0.264 e. The number of sulfonamides is 1. The molecule has 0 fully saturated rings. The van der Waals surface area contributed by atoms with Gasteiger partial charge >= 0.3 is 0 Å². The Labute approximate surface area is 188 Å². The Morgan fingerprint density at radius 3 is 1.84 bits per heavy atom. The number of carbonyl (C=O) groups is 1. The van der Waals surface area contributed by atoms with Crippen molar-refractivity contribution in [1.29, 1.82) is 0 Å². The number of benzene rings is 3. The number of methoxy groups -OCH3 is 2. The standard InChI is InChI=1S/C24H26N2O5S/c1-17(18-7-11-21(30-3)12-8-18)25-24(27)19-5-9-20(10-6-19)26(2)32(28,29)23-15-13-22(31-4)14-16-23/h5-17H,1-4H3,(H,25,27). The van der Waals surface area contributed by atoms with E-state index in [-0.39, 0.29) is 16.8 Å². The molecule has 0 saturated heterocycles. The highest BCUT2D eigenvalue weighted by molar-refractivity contribution is 7.92. The number of carbonyl (C=O) groups excluding carboxylic acids is 1. The van der Waals surface area contributed by atoms with Crippen LogP contribution in [0.4, 0.5) is 5.69 Å². The van der Waals surface area contributed by atoms with Gasteiger partial charge in [-0.15, -0.1) is 0 Å². The van der Waals surface area contributed by atoms with E-state index in [1.165, 1.54) is 30.6 Å². The highest BCUT2D eigenvalue weighted by Crippen LogP contribution is 2.24. The van der Waals surface area contributed by atoms with Gasteiger partial charge in [0.1, 0.15) is 11.5 Å². The summed E-state index contributed by atoms with van der Waals surface area (Å²) in [6.07, 6.45) is 0. The predicted octanol–water partition coefficient (Wildman–Crippen LogP) is 4.02. The number of hydrogen-bond donors (Lipinski definition) is 1. The van der Waals surface area contributed by atoms with Crippen LogP contribution in [0.25, 0.3) is 0 Å². The molecule has 32 heavy (non-hydrogen) atoms. The van der Waals surface area contributed by atoms with Crippen molar-refractivity contribution in [3.05, 3.63) is 83.9 Å². The highest BCUT2D eigenvalue weighted by atomic mass is 32.2. The van der Waals surface area contributed by atoms with E-state index in [0.717, 1.165) is 11.3 Å². The molecule has 8 heteroatoms. The lowest BCUT2D eigenvalue weighted by atomic mass is 10.1. The van der Waals surface area contributed by atoms with Crippen LogP contribution < -0.4 is 19.1 Å². The van der Waals surface area contributed by atoms with Gasteiger partial charge in [-0.05, 0) is 73.2 Å². The van der Waals surface area contributed by atoms with Crippen molar-refractivity contribution in [2.75, 3.05) is 25.6 Å². The lowest BCUT2D eigenvalue weighted by Gasteiger charge is -2.20. The van der Waals surface area contributed by atoms with Gasteiger partial charge in [0.2, 0.25) is 0 Å². The Morgan fingerprint density at radius 2 is 1.34 bits per heavy atom. The number of rotatable bonds is 8. The molecular weight excluding hydrogens is 428 g/mol. The summed E-state index contributed by atoms with van der Waals surface area (Å²) >= 11 is 0. The zero-order chi connectivity index (χ0) is 23.3. The molecule has 3 aromatic rings. The molecule has 0 aromatic heterocycles. The molecule has 0 aliphatic rings. The molecule has 0 aliphatic heterocycles. The van der Waals surface area contributed by atoms with E-state index >= 15 is 0 Å². The van der Waals surface area contributed by atoms with E-state index in [1.54, 1.807) is 43.5 Å². The van der Waals surface area contributed by atoms with Gasteiger partial charge in [-0.1, -0.05) is 12.1 Å². The van der Waals surface area contributed by atoms with E-state index in [0.29, 0.717) is 17.0 Å². The molecule has 3 rings (SSSR count). The largest absolute Gasteiger partial charge is 0.497 e. The highest BCUT2D eigenvalue weighted by Gasteiger charge is 2.22. The fourth-order valence-corrected chi connectivity index (χ4v) is 4.32. The normalized spacial score (nSPS) is 12.0. The van der Waals surface area contributed by atoms with Crippen LogP contribution in [0.15, 0.2) is 77.7 Å². The molecule has 0 bridgehead atoms. The number of hydrogen-bond acceptors (Lipinski definition) is 5. The first kappa shape index (κ1) is 23.1. The van der Waals surface area contributed by atoms with Crippen LogP contribution in [-0.4, -0.2) is 35.6 Å². The first-order chi connectivity index (χ1) is 15.3. The minimum absolute atomic E-state index is 0.149. The molecule has 0 saturated carbocycles. The number of amides is 1. The van der Waals surface area contributed by atoms with Crippen LogP contribution in [0.2, 0.25) is 0 Å². The molecule has 7 nitrogen and oxygen atoms in total. The number of anilines is 1.